The number of rotatable bonds is 7. The molecular formula is C27H24F3N5O3. The summed E-state index contributed by atoms with van der Waals surface area (Å²) in [5.74, 6) is -0.274. The van der Waals surface area contributed by atoms with Gasteiger partial charge in [0, 0.05) is 24.3 Å². The fourth-order valence-electron chi connectivity index (χ4n) is 4.51. The van der Waals surface area contributed by atoms with Crippen LogP contribution in [0.1, 0.15) is 29.7 Å². The maximum atomic E-state index is 13.1. The van der Waals surface area contributed by atoms with Gasteiger partial charge in [-0.15, -0.1) is 0 Å². The molecule has 2 aromatic heterocycles. The van der Waals surface area contributed by atoms with Crippen molar-refractivity contribution in [2.24, 2.45) is 5.73 Å². The van der Waals surface area contributed by atoms with Gasteiger partial charge in [-0.1, -0.05) is 6.07 Å². The molecule has 2 aromatic carbocycles. The second-order valence-corrected chi connectivity index (χ2v) is 9.17. The molecule has 4 N–H and O–H groups in total. The van der Waals surface area contributed by atoms with Crippen molar-refractivity contribution in [3.8, 4) is 5.75 Å². The van der Waals surface area contributed by atoms with Crippen molar-refractivity contribution in [2.75, 3.05) is 17.7 Å². The molecule has 11 heteroatoms. The van der Waals surface area contributed by atoms with Crippen LogP contribution >= 0.6 is 0 Å². The summed E-state index contributed by atoms with van der Waals surface area (Å²) < 4.78 is 46.5. The molecule has 196 valence electrons. The number of carbonyl (C=O) groups excluding carboxylic acids is 2. The Morgan fingerprint density at radius 1 is 1.08 bits per heavy atom. The summed E-state index contributed by atoms with van der Waals surface area (Å²) in [6.07, 6.45) is 0.342. The van der Waals surface area contributed by atoms with Crippen LogP contribution in [0.3, 0.4) is 0 Å². The predicted molar refractivity (Wildman–Crippen MR) is 136 cm³/mol. The number of carbonyl (C=O) groups is 2. The number of aromatic nitrogens is 2. The van der Waals surface area contributed by atoms with Crippen LogP contribution in [0.15, 0.2) is 67.0 Å². The van der Waals surface area contributed by atoms with Crippen molar-refractivity contribution in [2.45, 2.75) is 31.0 Å². The van der Waals surface area contributed by atoms with Gasteiger partial charge in [0.25, 0.3) is 0 Å². The van der Waals surface area contributed by atoms with E-state index < -0.39 is 23.2 Å². The lowest BCUT2D eigenvalue weighted by molar-refractivity contribution is -0.137. The van der Waals surface area contributed by atoms with E-state index in [0.717, 1.165) is 34.7 Å². The summed E-state index contributed by atoms with van der Waals surface area (Å²) in [6, 6.07) is 13.1. The van der Waals surface area contributed by atoms with E-state index >= 15 is 0 Å². The monoisotopic (exact) mass is 523 g/mol. The van der Waals surface area contributed by atoms with Crippen LogP contribution in [0.2, 0.25) is 0 Å². The van der Waals surface area contributed by atoms with Gasteiger partial charge in [0.05, 0.1) is 40.7 Å². The quantitative estimate of drug-likeness (QED) is 0.306. The largest absolute Gasteiger partial charge is 0.495 e. The molecule has 0 atom stereocenters. The Kier molecular flexibility index (Phi) is 6.22. The topological polar surface area (TPSA) is 111 Å². The number of primary amides is 1. The van der Waals surface area contributed by atoms with E-state index in [4.69, 9.17) is 10.5 Å². The van der Waals surface area contributed by atoms with Gasteiger partial charge in [-0.05, 0) is 66.9 Å². The van der Waals surface area contributed by atoms with Crippen LogP contribution in [0, 0.1) is 0 Å². The van der Waals surface area contributed by atoms with Gasteiger partial charge in [0.15, 0.2) is 0 Å². The predicted octanol–water partition coefficient (Wildman–Crippen LogP) is 5.27. The minimum atomic E-state index is -4.57. The molecule has 0 spiro atoms. The summed E-state index contributed by atoms with van der Waals surface area (Å²) in [4.78, 5) is 29.0. The third-order valence-corrected chi connectivity index (χ3v) is 6.73. The molecule has 0 radical (unpaired) electrons. The Morgan fingerprint density at radius 3 is 2.53 bits per heavy atom. The molecule has 4 aromatic rings. The molecule has 0 bridgehead atoms. The molecule has 1 fully saturated rings. The second kappa shape index (κ2) is 9.40. The average Bonchev–Trinajstić information content (AvgIpc) is 3.60. The highest BCUT2D eigenvalue weighted by molar-refractivity contribution is 6.06. The van der Waals surface area contributed by atoms with Crippen molar-refractivity contribution in [3.05, 3.63) is 83.8 Å². The number of alkyl halides is 3. The number of nitrogens with zero attached hydrogens (tertiary/aromatic N) is 2. The number of fused-ring (bicyclic) bond motifs is 1. The molecule has 2 heterocycles. The van der Waals surface area contributed by atoms with Gasteiger partial charge in [-0.2, -0.15) is 13.2 Å². The second-order valence-electron chi connectivity index (χ2n) is 9.17. The summed E-state index contributed by atoms with van der Waals surface area (Å²) >= 11 is 0. The fraction of sp³-hybridized carbons (Fsp3) is 0.222. The van der Waals surface area contributed by atoms with Crippen LogP contribution in [0.25, 0.3) is 10.9 Å². The maximum Gasteiger partial charge on any atom is 0.416 e. The van der Waals surface area contributed by atoms with Gasteiger partial charge in [-0.25, -0.2) is 4.79 Å². The van der Waals surface area contributed by atoms with Gasteiger partial charge in [0.2, 0.25) is 5.91 Å². The van der Waals surface area contributed by atoms with E-state index in [1.165, 1.54) is 7.11 Å². The highest BCUT2D eigenvalue weighted by atomic mass is 19.4. The summed E-state index contributed by atoms with van der Waals surface area (Å²) in [7, 11) is 1.30. The van der Waals surface area contributed by atoms with Crippen molar-refractivity contribution in [1.29, 1.82) is 0 Å². The Hall–Kier alpha value is -4.54. The third-order valence-electron chi connectivity index (χ3n) is 6.73. The van der Waals surface area contributed by atoms with E-state index in [-0.39, 0.29) is 17.3 Å². The Labute approximate surface area is 215 Å². The number of halogens is 3. The molecule has 5 rings (SSSR count). The SMILES string of the molecule is COc1ccc(C(F)(F)F)cc1NC(=O)Nc1cccc2c1ccn2Cc1ccnc(C2(C(N)=O)CC2)c1. The maximum absolute atomic E-state index is 13.1. The van der Waals surface area contributed by atoms with Crippen LogP contribution in [0.4, 0.5) is 29.3 Å². The smallest absolute Gasteiger partial charge is 0.416 e. The molecule has 38 heavy (non-hydrogen) atoms. The Morgan fingerprint density at radius 2 is 1.84 bits per heavy atom. The minimum Gasteiger partial charge on any atom is -0.495 e. The number of nitrogens with two attached hydrogens (primary N) is 1. The lowest BCUT2D eigenvalue weighted by Crippen LogP contribution is -2.29. The molecule has 0 aliphatic heterocycles. The number of amides is 3. The highest BCUT2D eigenvalue weighted by Crippen LogP contribution is 2.47. The number of pyridine rings is 1. The summed E-state index contributed by atoms with van der Waals surface area (Å²) in [6.45, 7) is 0.491. The molecular weight excluding hydrogens is 499 g/mol. The van der Waals surface area contributed by atoms with Crippen LogP contribution in [-0.4, -0.2) is 28.6 Å². The van der Waals surface area contributed by atoms with Gasteiger partial charge in [0.1, 0.15) is 5.75 Å². The van der Waals surface area contributed by atoms with Crippen LogP contribution < -0.4 is 21.1 Å². The van der Waals surface area contributed by atoms with E-state index in [1.54, 1.807) is 18.3 Å². The van der Waals surface area contributed by atoms with Crippen molar-refractivity contribution >= 4 is 34.2 Å². The summed E-state index contributed by atoms with van der Waals surface area (Å²) in [5, 5.41) is 5.89. The lowest BCUT2D eigenvalue weighted by atomic mass is 9.99. The third kappa shape index (κ3) is 4.74. The first kappa shape index (κ1) is 25.1. The zero-order valence-electron chi connectivity index (χ0n) is 20.3. The molecule has 1 aliphatic carbocycles. The number of ether oxygens (including phenoxy) is 1. The Bertz CT molecular complexity index is 1540. The number of methoxy groups -OCH3 is 1. The van der Waals surface area contributed by atoms with E-state index in [2.05, 4.69) is 15.6 Å². The zero-order valence-corrected chi connectivity index (χ0v) is 20.3. The number of hydrogen-bond acceptors (Lipinski definition) is 4. The number of anilines is 2. The summed E-state index contributed by atoms with van der Waals surface area (Å²) in [5.41, 5.74) is 6.81. The normalized spacial score (nSPS) is 14.2. The van der Waals surface area contributed by atoms with E-state index in [0.29, 0.717) is 30.8 Å². The lowest BCUT2D eigenvalue weighted by Gasteiger charge is -2.15. The van der Waals surface area contributed by atoms with Crippen LogP contribution in [-0.2, 0) is 22.9 Å². The first-order valence-electron chi connectivity index (χ1n) is 11.8. The first-order chi connectivity index (χ1) is 18.1. The van der Waals surface area contributed by atoms with Crippen molar-refractivity contribution in [3.63, 3.8) is 0 Å². The minimum absolute atomic E-state index is 0.0959. The average molecular weight is 524 g/mol. The Balaban J connectivity index is 1.36. The van der Waals surface area contributed by atoms with Gasteiger partial charge >= 0.3 is 12.2 Å². The molecule has 1 saturated carbocycles. The fourth-order valence-corrected chi connectivity index (χ4v) is 4.51. The van der Waals surface area contributed by atoms with Gasteiger partial charge < -0.3 is 25.7 Å². The number of urea groups is 1. The van der Waals surface area contributed by atoms with E-state index in [9.17, 15) is 22.8 Å². The molecule has 8 nitrogen and oxygen atoms in total. The number of nitrogens with one attached hydrogen (secondary N) is 2. The number of hydrogen-bond donors (Lipinski definition) is 3. The van der Waals surface area contributed by atoms with Crippen LogP contribution in [0.5, 0.6) is 5.75 Å². The van der Waals surface area contributed by atoms with Crippen molar-refractivity contribution in [1.82, 2.24) is 9.55 Å². The molecule has 3 amide bonds. The number of benzene rings is 2. The highest BCUT2D eigenvalue weighted by Gasteiger charge is 2.51. The molecule has 0 saturated heterocycles. The standard InChI is InChI=1S/C27H24F3N5O3/c1-38-22-6-5-17(27(28,29)30)14-20(22)34-25(37)33-19-3-2-4-21-18(19)8-12-35(21)15-16-7-11-32-23(13-16)26(9-10-26)24(31)36/h2-8,11-14H,9-10,15H2,1H3,(H2,31,36)(H2,33,34,37). The van der Waals surface area contributed by atoms with E-state index in [1.807, 2.05) is 35.0 Å². The van der Waals surface area contributed by atoms with Crippen molar-refractivity contribution < 1.29 is 27.5 Å². The zero-order chi connectivity index (χ0) is 27.1. The molecule has 1 aliphatic rings. The molecule has 0 unspecified atom stereocenters. The first-order valence-corrected chi connectivity index (χ1v) is 11.8. The van der Waals surface area contributed by atoms with Gasteiger partial charge in [-0.3, -0.25) is 9.78 Å².